The maximum Gasteiger partial charge on any atom is 0.0974 e. The van der Waals surface area contributed by atoms with Crippen molar-refractivity contribution in [3.8, 4) is 0 Å². The monoisotopic (exact) mass is 105 g/mol. The average molecular weight is 105 g/mol. The van der Waals surface area contributed by atoms with Crippen LogP contribution < -0.4 is 5.73 Å². The highest BCUT2D eigenvalue weighted by Gasteiger charge is 1.93. The van der Waals surface area contributed by atoms with Gasteiger partial charge in [0.05, 0.1) is 6.17 Å². The molecule has 2 N–H and O–H groups in total. The summed E-state index contributed by atoms with van der Waals surface area (Å²) >= 11 is 0. The molecule has 0 aromatic heterocycles. The van der Waals surface area contributed by atoms with Crippen LogP contribution in [0.1, 0.15) is 19.8 Å². The Labute approximate surface area is 43.7 Å². The summed E-state index contributed by atoms with van der Waals surface area (Å²) in [5.41, 5.74) is 5.11. The first-order valence-corrected chi connectivity index (χ1v) is 2.61. The molecule has 7 heavy (non-hydrogen) atoms. The van der Waals surface area contributed by atoms with E-state index in [9.17, 15) is 4.39 Å². The van der Waals surface area contributed by atoms with Gasteiger partial charge in [0, 0.05) is 0 Å². The summed E-state index contributed by atoms with van der Waals surface area (Å²) in [6.45, 7) is 2.16. The van der Waals surface area contributed by atoms with E-state index >= 15 is 0 Å². The Morgan fingerprint density at radius 1 is 1.71 bits per heavy atom. The van der Waals surface area contributed by atoms with Gasteiger partial charge in [0.1, 0.15) is 0 Å². The summed E-state index contributed by atoms with van der Waals surface area (Å²) in [4.78, 5) is 0. The first-order chi connectivity index (χ1) is 3.27. The smallest absolute Gasteiger partial charge is 0.0974 e. The highest BCUT2D eigenvalue weighted by molar-refractivity contribution is 4.46. The average Bonchev–Trinajstić information content (AvgIpc) is 1.61. The van der Waals surface area contributed by atoms with Crippen LogP contribution in [0.2, 0.25) is 0 Å². The molecule has 0 aromatic rings. The Kier molecular flexibility index (Phi) is 4.00. The molecule has 44 valence electrons. The second kappa shape index (κ2) is 4.06. The lowest BCUT2D eigenvalue weighted by molar-refractivity contribution is 0.336. The van der Waals surface area contributed by atoms with Crippen molar-refractivity contribution >= 4 is 0 Å². The van der Waals surface area contributed by atoms with Gasteiger partial charge in [-0.3, -0.25) is 0 Å². The fraction of sp³-hybridized carbons (Fsp3) is 1.00. The fourth-order valence-electron chi connectivity index (χ4n) is 0.399. The predicted octanol–water partition coefficient (Wildman–Crippen LogP) is 1.08. The maximum atomic E-state index is 11.8. The molecular weight excluding hydrogens is 93.1 g/mol. The highest BCUT2D eigenvalue weighted by Crippen LogP contribution is 1.97. The molecule has 0 amide bonds. The molecule has 0 aliphatic carbocycles. The summed E-state index contributed by atoms with van der Waals surface area (Å²) in [5.74, 6) is 0. The normalized spacial score (nSPS) is 14.1. The molecule has 0 bridgehead atoms. The molecule has 0 aliphatic rings. The summed E-state index contributed by atoms with van der Waals surface area (Å²) < 4.78 is 11.8. The van der Waals surface area contributed by atoms with Crippen LogP contribution in [-0.4, -0.2) is 12.7 Å². The molecule has 1 atom stereocenters. The Hall–Kier alpha value is -0.110. The van der Waals surface area contributed by atoms with E-state index < -0.39 is 6.17 Å². The first kappa shape index (κ1) is 6.89. The topological polar surface area (TPSA) is 26.0 Å². The van der Waals surface area contributed by atoms with Gasteiger partial charge in [-0.05, 0) is 26.3 Å². The molecule has 1 unspecified atom stereocenters. The van der Waals surface area contributed by atoms with E-state index in [1.54, 1.807) is 6.92 Å². The zero-order valence-electron chi connectivity index (χ0n) is 4.65. The van der Waals surface area contributed by atoms with Crippen molar-refractivity contribution < 1.29 is 4.39 Å². The van der Waals surface area contributed by atoms with Gasteiger partial charge in [0.2, 0.25) is 0 Å². The van der Waals surface area contributed by atoms with Gasteiger partial charge in [-0.15, -0.1) is 0 Å². The van der Waals surface area contributed by atoms with Crippen LogP contribution in [0.15, 0.2) is 0 Å². The number of alkyl halides is 1. The molecule has 0 spiro atoms. The fourth-order valence-corrected chi connectivity index (χ4v) is 0.399. The molecule has 0 saturated heterocycles. The van der Waals surface area contributed by atoms with Gasteiger partial charge in [0.15, 0.2) is 0 Å². The number of rotatable bonds is 3. The van der Waals surface area contributed by atoms with Crippen LogP contribution in [0.4, 0.5) is 4.39 Å². The van der Waals surface area contributed by atoms with E-state index in [2.05, 4.69) is 0 Å². The third-order valence-corrected chi connectivity index (χ3v) is 0.806. The third kappa shape index (κ3) is 5.89. The van der Waals surface area contributed by atoms with Crippen molar-refractivity contribution in [2.24, 2.45) is 5.73 Å². The van der Waals surface area contributed by atoms with Gasteiger partial charge in [-0.25, -0.2) is 4.39 Å². The van der Waals surface area contributed by atoms with Crippen molar-refractivity contribution in [2.75, 3.05) is 6.54 Å². The number of halogens is 1. The molecule has 0 fully saturated rings. The summed E-state index contributed by atoms with van der Waals surface area (Å²) in [7, 11) is 0. The lowest BCUT2D eigenvalue weighted by Crippen LogP contribution is -2.01. The SMILES string of the molecule is CC(F)CCCN. The van der Waals surface area contributed by atoms with E-state index in [0.717, 1.165) is 6.42 Å². The minimum Gasteiger partial charge on any atom is -0.330 e. The molecule has 0 aliphatic heterocycles. The predicted molar refractivity (Wildman–Crippen MR) is 28.9 cm³/mol. The lowest BCUT2D eigenvalue weighted by atomic mass is 10.2. The number of hydrogen-bond acceptors (Lipinski definition) is 1. The van der Waals surface area contributed by atoms with Gasteiger partial charge >= 0.3 is 0 Å². The Morgan fingerprint density at radius 2 is 2.29 bits per heavy atom. The minimum absolute atomic E-state index is 0.605. The zero-order valence-corrected chi connectivity index (χ0v) is 4.65. The largest absolute Gasteiger partial charge is 0.330 e. The van der Waals surface area contributed by atoms with Gasteiger partial charge in [-0.1, -0.05) is 0 Å². The van der Waals surface area contributed by atoms with E-state index in [1.807, 2.05) is 0 Å². The van der Waals surface area contributed by atoms with Crippen LogP contribution in [-0.2, 0) is 0 Å². The first-order valence-electron chi connectivity index (χ1n) is 2.61. The van der Waals surface area contributed by atoms with E-state index in [-0.39, 0.29) is 0 Å². The minimum atomic E-state index is -0.677. The highest BCUT2D eigenvalue weighted by atomic mass is 19.1. The molecule has 0 radical (unpaired) electrons. The van der Waals surface area contributed by atoms with Gasteiger partial charge < -0.3 is 5.73 Å². The molecule has 2 heteroatoms. The van der Waals surface area contributed by atoms with Crippen LogP contribution in [0.25, 0.3) is 0 Å². The Bertz CT molecular complexity index is 37.1. The van der Waals surface area contributed by atoms with Crippen LogP contribution in [0.3, 0.4) is 0 Å². The lowest BCUT2D eigenvalue weighted by Gasteiger charge is -1.95. The third-order valence-electron chi connectivity index (χ3n) is 0.806. The molecule has 0 saturated carbocycles. The van der Waals surface area contributed by atoms with Crippen LogP contribution in [0, 0.1) is 0 Å². The van der Waals surface area contributed by atoms with Crippen LogP contribution >= 0.6 is 0 Å². The Morgan fingerprint density at radius 3 is 2.43 bits per heavy atom. The molecule has 0 aromatic carbocycles. The van der Waals surface area contributed by atoms with Crippen molar-refractivity contribution in [2.45, 2.75) is 25.9 Å². The molecular formula is C5H12FN. The molecule has 0 rings (SSSR count). The van der Waals surface area contributed by atoms with E-state index in [4.69, 9.17) is 5.73 Å². The van der Waals surface area contributed by atoms with Crippen molar-refractivity contribution in [1.29, 1.82) is 0 Å². The van der Waals surface area contributed by atoms with Crippen molar-refractivity contribution in [3.63, 3.8) is 0 Å². The number of nitrogens with two attached hydrogens (primary N) is 1. The number of hydrogen-bond donors (Lipinski definition) is 1. The summed E-state index contributed by atoms with van der Waals surface area (Å²) in [6, 6.07) is 0. The molecule has 0 heterocycles. The second-order valence-electron chi connectivity index (χ2n) is 1.71. The quantitative estimate of drug-likeness (QED) is 0.571. The molecule has 1 nitrogen and oxygen atoms in total. The van der Waals surface area contributed by atoms with Gasteiger partial charge in [0.25, 0.3) is 0 Å². The standard InChI is InChI=1S/C5H12FN/c1-5(6)3-2-4-7/h5H,2-4,7H2,1H3. The van der Waals surface area contributed by atoms with E-state index in [1.165, 1.54) is 0 Å². The van der Waals surface area contributed by atoms with Crippen LogP contribution in [0.5, 0.6) is 0 Å². The summed E-state index contributed by atoms with van der Waals surface area (Å²) in [5, 5.41) is 0. The summed E-state index contributed by atoms with van der Waals surface area (Å²) in [6.07, 6.45) is 0.734. The second-order valence-corrected chi connectivity index (χ2v) is 1.71. The van der Waals surface area contributed by atoms with Crippen molar-refractivity contribution in [3.05, 3.63) is 0 Å². The zero-order chi connectivity index (χ0) is 5.70. The van der Waals surface area contributed by atoms with Crippen molar-refractivity contribution in [1.82, 2.24) is 0 Å². The van der Waals surface area contributed by atoms with Gasteiger partial charge in [-0.2, -0.15) is 0 Å². The maximum absolute atomic E-state index is 11.8. The Balaban J connectivity index is 2.68. The van der Waals surface area contributed by atoms with E-state index in [0.29, 0.717) is 13.0 Å².